The molecule has 2 aromatic rings. The van der Waals surface area contributed by atoms with Crippen molar-refractivity contribution in [2.45, 2.75) is 12.5 Å². The summed E-state index contributed by atoms with van der Waals surface area (Å²) in [6.45, 7) is 0.304. The molecular formula is C19H20N2O6. The largest absolute Gasteiger partial charge is 0.497 e. The van der Waals surface area contributed by atoms with Crippen LogP contribution in [0.4, 0.5) is 5.69 Å². The third-order valence-electron chi connectivity index (χ3n) is 4.04. The van der Waals surface area contributed by atoms with E-state index in [-0.39, 0.29) is 19.8 Å². The molecule has 1 aliphatic rings. The van der Waals surface area contributed by atoms with E-state index in [4.69, 9.17) is 14.2 Å². The topological polar surface area (TPSA) is 106 Å². The van der Waals surface area contributed by atoms with Gasteiger partial charge in [-0.25, -0.2) is 0 Å². The average Bonchev–Trinajstić information content (AvgIpc) is 3.16. The van der Waals surface area contributed by atoms with Crippen molar-refractivity contribution in [1.82, 2.24) is 5.32 Å². The molecule has 2 aromatic carbocycles. The normalized spacial score (nSPS) is 13.0. The third kappa shape index (κ3) is 4.68. The Balaban J connectivity index is 1.44. The van der Waals surface area contributed by atoms with E-state index in [0.29, 0.717) is 28.5 Å². The molecule has 0 saturated heterocycles. The Morgan fingerprint density at radius 3 is 2.59 bits per heavy atom. The van der Waals surface area contributed by atoms with Gasteiger partial charge in [-0.05, 0) is 48.4 Å². The first-order valence-corrected chi connectivity index (χ1v) is 8.37. The Labute approximate surface area is 156 Å². The van der Waals surface area contributed by atoms with E-state index in [1.54, 1.807) is 49.6 Å². The van der Waals surface area contributed by atoms with E-state index in [9.17, 15) is 14.7 Å². The number of aliphatic hydroxyl groups excluding tert-OH is 1. The van der Waals surface area contributed by atoms with Crippen LogP contribution >= 0.6 is 0 Å². The lowest BCUT2D eigenvalue weighted by Crippen LogP contribution is -2.36. The van der Waals surface area contributed by atoms with Crippen molar-refractivity contribution >= 4 is 17.5 Å². The minimum Gasteiger partial charge on any atom is -0.497 e. The summed E-state index contributed by atoms with van der Waals surface area (Å²) in [7, 11) is 1.54. The van der Waals surface area contributed by atoms with Crippen LogP contribution in [0.1, 0.15) is 18.1 Å². The Morgan fingerprint density at radius 1 is 1.11 bits per heavy atom. The Morgan fingerprint density at radius 2 is 1.85 bits per heavy atom. The molecule has 8 heteroatoms. The SMILES string of the molecule is COc1ccc(NC(=O)C(=O)NCCC(O)c2ccc3c(c2)OCO3)cc1. The van der Waals surface area contributed by atoms with E-state index in [1.165, 1.54) is 0 Å². The van der Waals surface area contributed by atoms with Crippen LogP contribution in [0.3, 0.4) is 0 Å². The van der Waals surface area contributed by atoms with Gasteiger partial charge in [-0.1, -0.05) is 6.07 Å². The first-order chi connectivity index (χ1) is 13.1. The number of benzene rings is 2. The molecule has 1 heterocycles. The second kappa shape index (κ2) is 8.41. The van der Waals surface area contributed by atoms with Crippen LogP contribution in [0, 0.1) is 0 Å². The standard InChI is InChI=1S/C19H20N2O6/c1-25-14-5-3-13(4-6-14)21-19(24)18(23)20-9-8-15(22)12-2-7-16-17(10-12)27-11-26-16/h2-7,10,15,22H,8-9,11H2,1H3,(H,20,23)(H,21,24). The van der Waals surface area contributed by atoms with E-state index in [2.05, 4.69) is 10.6 Å². The molecule has 8 nitrogen and oxygen atoms in total. The predicted octanol–water partition coefficient (Wildman–Crippen LogP) is 1.60. The van der Waals surface area contributed by atoms with Gasteiger partial charge in [0.05, 0.1) is 13.2 Å². The fourth-order valence-electron chi connectivity index (χ4n) is 2.55. The number of carbonyl (C=O) groups is 2. The van der Waals surface area contributed by atoms with E-state index < -0.39 is 17.9 Å². The van der Waals surface area contributed by atoms with Crippen molar-refractivity contribution in [3.63, 3.8) is 0 Å². The van der Waals surface area contributed by atoms with Gasteiger partial charge in [0, 0.05) is 12.2 Å². The Bertz CT molecular complexity index is 821. The maximum atomic E-state index is 11.9. The van der Waals surface area contributed by atoms with Crippen molar-refractivity contribution < 1.29 is 28.9 Å². The van der Waals surface area contributed by atoms with Crippen LogP contribution < -0.4 is 24.8 Å². The minimum atomic E-state index is -0.801. The van der Waals surface area contributed by atoms with Crippen LogP contribution in [-0.2, 0) is 9.59 Å². The summed E-state index contributed by atoms with van der Waals surface area (Å²) in [6, 6.07) is 11.8. The van der Waals surface area contributed by atoms with Crippen LogP contribution in [0.25, 0.3) is 0 Å². The zero-order valence-electron chi connectivity index (χ0n) is 14.7. The highest BCUT2D eigenvalue weighted by atomic mass is 16.7. The molecule has 0 saturated carbocycles. The molecule has 0 aromatic heterocycles. The molecule has 0 aliphatic carbocycles. The summed E-state index contributed by atoms with van der Waals surface area (Å²) in [6.07, 6.45) is -0.550. The fraction of sp³-hybridized carbons (Fsp3) is 0.263. The summed E-state index contributed by atoms with van der Waals surface area (Å²) in [5.41, 5.74) is 1.13. The second-order valence-electron chi connectivity index (χ2n) is 5.86. The van der Waals surface area contributed by atoms with Crippen LogP contribution in [0.2, 0.25) is 0 Å². The van der Waals surface area contributed by atoms with Crippen molar-refractivity contribution in [3.05, 3.63) is 48.0 Å². The van der Waals surface area contributed by atoms with Gasteiger partial charge >= 0.3 is 11.8 Å². The van der Waals surface area contributed by atoms with E-state index in [1.807, 2.05) is 0 Å². The summed E-state index contributed by atoms with van der Waals surface area (Å²) in [5, 5.41) is 15.2. The number of hydrogen-bond acceptors (Lipinski definition) is 6. The summed E-state index contributed by atoms with van der Waals surface area (Å²) >= 11 is 0. The molecule has 0 fully saturated rings. The molecule has 1 unspecified atom stereocenters. The van der Waals surface area contributed by atoms with Gasteiger partial charge in [-0.15, -0.1) is 0 Å². The molecule has 0 spiro atoms. The lowest BCUT2D eigenvalue weighted by molar-refractivity contribution is -0.136. The first-order valence-electron chi connectivity index (χ1n) is 8.37. The number of rotatable bonds is 6. The number of methoxy groups -OCH3 is 1. The highest BCUT2D eigenvalue weighted by molar-refractivity contribution is 6.39. The lowest BCUT2D eigenvalue weighted by Gasteiger charge is -2.12. The Kier molecular flexibility index (Phi) is 5.77. The van der Waals surface area contributed by atoms with E-state index in [0.717, 1.165) is 0 Å². The molecule has 0 radical (unpaired) electrons. The summed E-state index contributed by atoms with van der Waals surface area (Å²) < 4.78 is 15.5. The molecule has 0 bridgehead atoms. The first kappa shape index (κ1) is 18.5. The molecule has 1 atom stereocenters. The maximum Gasteiger partial charge on any atom is 0.313 e. The highest BCUT2D eigenvalue weighted by Gasteiger charge is 2.18. The molecule has 142 valence electrons. The van der Waals surface area contributed by atoms with E-state index >= 15 is 0 Å². The number of aliphatic hydroxyl groups is 1. The fourth-order valence-corrected chi connectivity index (χ4v) is 2.55. The smallest absolute Gasteiger partial charge is 0.313 e. The Hall–Kier alpha value is -3.26. The van der Waals surface area contributed by atoms with Crippen molar-refractivity contribution in [1.29, 1.82) is 0 Å². The molecular weight excluding hydrogens is 352 g/mol. The summed E-state index contributed by atoms with van der Waals surface area (Å²) in [5.74, 6) is 0.306. The van der Waals surface area contributed by atoms with Crippen LogP contribution in [0.15, 0.2) is 42.5 Å². The van der Waals surface area contributed by atoms with Crippen molar-refractivity contribution in [3.8, 4) is 17.2 Å². The number of carbonyl (C=O) groups excluding carboxylic acids is 2. The van der Waals surface area contributed by atoms with Gasteiger partial charge in [-0.3, -0.25) is 9.59 Å². The number of hydrogen-bond donors (Lipinski definition) is 3. The monoisotopic (exact) mass is 372 g/mol. The van der Waals surface area contributed by atoms with Gasteiger partial charge in [0.2, 0.25) is 6.79 Å². The minimum absolute atomic E-state index is 0.143. The molecule has 27 heavy (non-hydrogen) atoms. The number of amides is 2. The maximum absolute atomic E-state index is 11.9. The van der Waals surface area contributed by atoms with Gasteiger partial charge < -0.3 is 30.0 Å². The molecule has 2 amide bonds. The van der Waals surface area contributed by atoms with Gasteiger partial charge in [0.1, 0.15) is 5.75 Å². The molecule has 3 rings (SSSR count). The zero-order valence-corrected chi connectivity index (χ0v) is 14.7. The van der Waals surface area contributed by atoms with Gasteiger partial charge in [-0.2, -0.15) is 0 Å². The number of nitrogens with one attached hydrogen (secondary N) is 2. The van der Waals surface area contributed by atoms with Crippen LogP contribution in [0.5, 0.6) is 17.2 Å². The quantitative estimate of drug-likeness (QED) is 0.665. The summed E-state index contributed by atoms with van der Waals surface area (Å²) in [4.78, 5) is 23.8. The highest BCUT2D eigenvalue weighted by Crippen LogP contribution is 2.34. The average molecular weight is 372 g/mol. The van der Waals surface area contributed by atoms with Crippen LogP contribution in [-0.4, -0.2) is 37.4 Å². The van der Waals surface area contributed by atoms with Crippen molar-refractivity contribution in [2.24, 2.45) is 0 Å². The van der Waals surface area contributed by atoms with Gasteiger partial charge in [0.25, 0.3) is 0 Å². The van der Waals surface area contributed by atoms with Gasteiger partial charge in [0.15, 0.2) is 11.5 Å². The van der Waals surface area contributed by atoms with Crippen molar-refractivity contribution in [2.75, 3.05) is 25.8 Å². The lowest BCUT2D eigenvalue weighted by atomic mass is 10.1. The molecule has 3 N–H and O–H groups in total. The second-order valence-corrected chi connectivity index (χ2v) is 5.86. The predicted molar refractivity (Wildman–Crippen MR) is 96.8 cm³/mol. The zero-order chi connectivity index (χ0) is 19.2. The number of fused-ring (bicyclic) bond motifs is 1. The molecule has 1 aliphatic heterocycles. The number of anilines is 1. The third-order valence-corrected chi connectivity index (χ3v) is 4.04. The number of ether oxygens (including phenoxy) is 3.